The fourth-order valence-corrected chi connectivity index (χ4v) is 5.46. The SMILES string of the molecule is CCC(=O)N1c2ccccc2NC2=C(C(=O)C[C@H](c3ccc(OC)c(OC)c3)C2)[C@H]1c1ccc(Cl)cc1. The van der Waals surface area contributed by atoms with Crippen molar-refractivity contribution in [1.82, 2.24) is 0 Å². The number of amides is 1. The van der Waals surface area contributed by atoms with Crippen LogP contribution in [0.5, 0.6) is 11.5 Å². The van der Waals surface area contributed by atoms with Crippen LogP contribution in [0.2, 0.25) is 5.02 Å². The summed E-state index contributed by atoms with van der Waals surface area (Å²) in [4.78, 5) is 29.2. The molecule has 190 valence electrons. The Labute approximate surface area is 221 Å². The Bertz CT molecular complexity index is 1380. The van der Waals surface area contributed by atoms with Crippen molar-refractivity contribution in [2.24, 2.45) is 0 Å². The molecule has 0 bridgehead atoms. The molecule has 0 saturated heterocycles. The molecule has 0 fully saturated rings. The second-order valence-corrected chi connectivity index (χ2v) is 9.68. The molecule has 2 atom stereocenters. The van der Waals surface area contributed by atoms with Crippen LogP contribution in [-0.2, 0) is 9.59 Å². The van der Waals surface area contributed by atoms with Crippen LogP contribution in [0, 0.1) is 0 Å². The number of allylic oxidation sites excluding steroid dienone is 1. The summed E-state index contributed by atoms with van der Waals surface area (Å²) >= 11 is 6.20. The average molecular weight is 517 g/mol. The van der Waals surface area contributed by atoms with E-state index in [0.29, 0.717) is 41.4 Å². The van der Waals surface area contributed by atoms with Gasteiger partial charge in [0.1, 0.15) is 0 Å². The lowest BCUT2D eigenvalue weighted by Crippen LogP contribution is -2.38. The summed E-state index contributed by atoms with van der Waals surface area (Å²) < 4.78 is 10.9. The smallest absolute Gasteiger partial charge is 0.227 e. The largest absolute Gasteiger partial charge is 0.493 e. The summed E-state index contributed by atoms with van der Waals surface area (Å²) in [6, 6.07) is 20.4. The summed E-state index contributed by atoms with van der Waals surface area (Å²) in [5, 5.41) is 4.14. The van der Waals surface area contributed by atoms with Gasteiger partial charge in [-0.05, 0) is 59.9 Å². The number of nitrogens with zero attached hydrogens (tertiary/aromatic N) is 1. The van der Waals surface area contributed by atoms with Crippen molar-refractivity contribution in [3.05, 3.63) is 94.1 Å². The Kier molecular flexibility index (Phi) is 6.94. The number of rotatable bonds is 5. The average Bonchev–Trinajstić information content (AvgIpc) is 3.07. The predicted molar refractivity (Wildman–Crippen MR) is 146 cm³/mol. The van der Waals surface area contributed by atoms with Crippen LogP contribution in [0.4, 0.5) is 11.4 Å². The minimum Gasteiger partial charge on any atom is -0.493 e. The fraction of sp³-hybridized carbons (Fsp3) is 0.267. The van der Waals surface area contributed by atoms with Crippen LogP contribution in [0.3, 0.4) is 0 Å². The molecule has 0 aromatic heterocycles. The second kappa shape index (κ2) is 10.3. The number of para-hydroxylation sites is 2. The van der Waals surface area contributed by atoms with Gasteiger partial charge >= 0.3 is 0 Å². The summed E-state index contributed by atoms with van der Waals surface area (Å²) in [5.41, 5.74) is 4.84. The Hall–Kier alpha value is -3.77. The molecule has 0 spiro atoms. The molecule has 3 aromatic carbocycles. The first-order valence-electron chi connectivity index (χ1n) is 12.4. The van der Waals surface area contributed by atoms with Gasteiger partial charge in [0.05, 0.1) is 31.6 Å². The molecule has 0 unspecified atom stereocenters. The quantitative estimate of drug-likeness (QED) is 0.410. The molecule has 1 aliphatic carbocycles. The highest BCUT2D eigenvalue weighted by molar-refractivity contribution is 6.30. The van der Waals surface area contributed by atoms with E-state index >= 15 is 0 Å². The zero-order chi connectivity index (χ0) is 26.1. The Balaban J connectivity index is 1.67. The zero-order valence-electron chi connectivity index (χ0n) is 21.1. The van der Waals surface area contributed by atoms with Crippen molar-refractivity contribution >= 4 is 34.7 Å². The number of nitrogens with one attached hydrogen (secondary N) is 1. The van der Waals surface area contributed by atoms with Gasteiger partial charge in [-0.25, -0.2) is 0 Å². The van der Waals surface area contributed by atoms with E-state index < -0.39 is 6.04 Å². The molecule has 5 rings (SSSR count). The number of carbonyl (C=O) groups is 2. The molecular weight excluding hydrogens is 488 g/mol. The number of hydrogen-bond donors (Lipinski definition) is 1. The van der Waals surface area contributed by atoms with Gasteiger partial charge in [0.25, 0.3) is 0 Å². The lowest BCUT2D eigenvalue weighted by molar-refractivity contribution is -0.119. The molecule has 1 aliphatic heterocycles. The predicted octanol–water partition coefficient (Wildman–Crippen LogP) is 6.67. The van der Waals surface area contributed by atoms with Crippen molar-refractivity contribution in [3.63, 3.8) is 0 Å². The van der Waals surface area contributed by atoms with Crippen molar-refractivity contribution in [1.29, 1.82) is 0 Å². The van der Waals surface area contributed by atoms with Crippen LogP contribution in [0.1, 0.15) is 49.3 Å². The third-order valence-corrected chi connectivity index (χ3v) is 7.38. The van der Waals surface area contributed by atoms with Crippen LogP contribution in [0.25, 0.3) is 0 Å². The molecule has 2 aliphatic rings. The fourth-order valence-electron chi connectivity index (χ4n) is 5.34. The maximum Gasteiger partial charge on any atom is 0.227 e. The molecule has 1 N–H and O–H groups in total. The second-order valence-electron chi connectivity index (χ2n) is 9.25. The molecule has 0 saturated carbocycles. The lowest BCUT2D eigenvalue weighted by Gasteiger charge is -2.35. The summed E-state index contributed by atoms with van der Waals surface area (Å²) in [7, 11) is 3.21. The number of methoxy groups -OCH3 is 2. The van der Waals surface area contributed by atoms with Crippen molar-refractivity contribution < 1.29 is 19.1 Å². The highest BCUT2D eigenvalue weighted by atomic mass is 35.5. The molecule has 1 amide bonds. The van der Waals surface area contributed by atoms with E-state index in [1.807, 2.05) is 61.5 Å². The summed E-state index contributed by atoms with van der Waals surface area (Å²) in [5.74, 6) is 1.18. The Morgan fingerprint density at radius 2 is 1.68 bits per heavy atom. The van der Waals surface area contributed by atoms with Gasteiger partial charge in [0, 0.05) is 29.1 Å². The number of anilines is 2. The first kappa shape index (κ1) is 24.9. The van der Waals surface area contributed by atoms with E-state index in [2.05, 4.69) is 5.32 Å². The maximum atomic E-state index is 14.0. The maximum absolute atomic E-state index is 14.0. The number of ether oxygens (including phenoxy) is 2. The van der Waals surface area contributed by atoms with Crippen LogP contribution >= 0.6 is 11.6 Å². The van der Waals surface area contributed by atoms with Crippen LogP contribution in [-0.4, -0.2) is 25.9 Å². The van der Waals surface area contributed by atoms with Gasteiger partial charge in [-0.2, -0.15) is 0 Å². The van der Waals surface area contributed by atoms with E-state index in [9.17, 15) is 9.59 Å². The molecular formula is C30H29ClN2O4. The first-order chi connectivity index (χ1) is 17.9. The molecule has 7 heteroatoms. The highest BCUT2D eigenvalue weighted by Gasteiger charge is 2.41. The lowest BCUT2D eigenvalue weighted by atomic mass is 9.78. The van der Waals surface area contributed by atoms with Gasteiger partial charge in [0.2, 0.25) is 5.91 Å². The number of ketones is 1. The number of fused-ring (bicyclic) bond motifs is 1. The van der Waals surface area contributed by atoms with Gasteiger partial charge < -0.3 is 14.8 Å². The first-order valence-corrected chi connectivity index (χ1v) is 12.7. The van der Waals surface area contributed by atoms with Gasteiger partial charge in [-0.15, -0.1) is 0 Å². The topological polar surface area (TPSA) is 67.9 Å². The number of carbonyl (C=O) groups excluding carboxylic acids is 2. The highest BCUT2D eigenvalue weighted by Crippen LogP contribution is 2.48. The van der Waals surface area contributed by atoms with Crippen LogP contribution < -0.4 is 19.7 Å². The third-order valence-electron chi connectivity index (χ3n) is 7.12. The van der Waals surface area contributed by atoms with Crippen LogP contribution in [0.15, 0.2) is 78.0 Å². The standard InChI is InChI=1S/C30H29ClN2O4/c1-4-28(35)33-24-8-6-5-7-22(24)32-23-15-20(19-11-14-26(36-2)27(17-19)37-3)16-25(34)29(23)30(33)18-9-12-21(31)13-10-18/h5-14,17,20,30,32H,4,15-16H2,1-3H3/t20-,30-/m1/s1. The number of Topliss-reactive ketones (excluding diaryl/α,β-unsaturated/α-hetero) is 1. The van der Waals surface area contributed by atoms with E-state index in [4.69, 9.17) is 21.1 Å². The number of halogens is 1. The van der Waals surface area contributed by atoms with Gasteiger partial charge in [0.15, 0.2) is 17.3 Å². The minimum absolute atomic E-state index is 0.00944. The summed E-state index contributed by atoms with van der Waals surface area (Å²) in [6.45, 7) is 1.84. The van der Waals surface area contributed by atoms with Gasteiger partial charge in [-0.3, -0.25) is 14.5 Å². The number of hydrogen-bond acceptors (Lipinski definition) is 5. The van der Waals surface area contributed by atoms with Crippen molar-refractivity contribution in [2.75, 3.05) is 24.4 Å². The zero-order valence-corrected chi connectivity index (χ0v) is 21.8. The Morgan fingerprint density at radius 1 is 0.973 bits per heavy atom. The molecule has 3 aromatic rings. The Morgan fingerprint density at radius 3 is 2.38 bits per heavy atom. The summed E-state index contributed by atoms with van der Waals surface area (Å²) in [6.07, 6.45) is 1.25. The molecule has 1 heterocycles. The molecule has 37 heavy (non-hydrogen) atoms. The van der Waals surface area contributed by atoms with Gasteiger partial charge in [-0.1, -0.05) is 48.9 Å². The monoisotopic (exact) mass is 516 g/mol. The van der Waals surface area contributed by atoms with E-state index in [-0.39, 0.29) is 17.6 Å². The van der Waals surface area contributed by atoms with E-state index in [1.54, 1.807) is 31.3 Å². The number of benzene rings is 3. The normalized spacial score (nSPS) is 18.9. The van der Waals surface area contributed by atoms with Crippen molar-refractivity contribution in [3.8, 4) is 11.5 Å². The van der Waals surface area contributed by atoms with Crippen molar-refractivity contribution in [2.45, 2.75) is 38.1 Å². The van der Waals surface area contributed by atoms with E-state index in [0.717, 1.165) is 28.2 Å². The third kappa shape index (κ3) is 4.58. The minimum atomic E-state index is -0.560. The molecule has 6 nitrogen and oxygen atoms in total. The van der Waals surface area contributed by atoms with E-state index in [1.165, 1.54) is 0 Å². The molecule has 0 radical (unpaired) electrons.